The van der Waals surface area contributed by atoms with Crippen LogP contribution in [0.25, 0.3) is 0 Å². The van der Waals surface area contributed by atoms with Crippen LogP contribution in [-0.4, -0.2) is 47.4 Å². The van der Waals surface area contributed by atoms with E-state index < -0.39 is 35.7 Å². The zero-order chi connectivity index (χ0) is 17.6. The van der Waals surface area contributed by atoms with Crippen molar-refractivity contribution in [2.75, 3.05) is 6.61 Å². The van der Waals surface area contributed by atoms with Crippen molar-refractivity contribution in [1.29, 1.82) is 0 Å². The third kappa shape index (κ3) is 6.55. The molecule has 6 nitrogen and oxygen atoms in total. The molecule has 0 aliphatic heterocycles. The molecular formula is C14H25F2NO5. The summed E-state index contributed by atoms with van der Waals surface area (Å²) in [5.74, 6) is -5.94. The van der Waals surface area contributed by atoms with Gasteiger partial charge >= 0.3 is 18.0 Å². The number of ether oxygens (including phenoxy) is 2. The molecular weight excluding hydrogens is 300 g/mol. The number of carbonyl (C=O) groups excluding carboxylic acids is 2. The van der Waals surface area contributed by atoms with Crippen LogP contribution in [0.2, 0.25) is 0 Å². The van der Waals surface area contributed by atoms with Gasteiger partial charge in [-0.25, -0.2) is 9.59 Å². The Bertz CT molecular complexity index is 382. The summed E-state index contributed by atoms with van der Waals surface area (Å²) in [6, 6.07) is -1.33. The van der Waals surface area contributed by atoms with E-state index in [0.29, 0.717) is 6.42 Å². The Labute approximate surface area is 129 Å². The predicted molar refractivity (Wildman–Crippen MR) is 75.7 cm³/mol. The van der Waals surface area contributed by atoms with Gasteiger partial charge in [-0.05, 0) is 34.1 Å². The Hall–Kier alpha value is -1.44. The minimum absolute atomic E-state index is 0.0510. The van der Waals surface area contributed by atoms with Crippen molar-refractivity contribution in [3.05, 3.63) is 0 Å². The van der Waals surface area contributed by atoms with E-state index in [1.807, 2.05) is 0 Å². The van der Waals surface area contributed by atoms with Crippen LogP contribution >= 0.6 is 0 Å². The highest BCUT2D eigenvalue weighted by Crippen LogP contribution is 2.25. The molecule has 0 rings (SSSR count). The number of aliphatic hydroxyl groups excluding tert-OH is 1. The zero-order valence-corrected chi connectivity index (χ0v) is 13.6. The van der Waals surface area contributed by atoms with Crippen LogP contribution < -0.4 is 5.32 Å². The highest BCUT2D eigenvalue weighted by atomic mass is 19.3. The van der Waals surface area contributed by atoms with Crippen LogP contribution in [0.3, 0.4) is 0 Å². The molecule has 0 spiro atoms. The second kappa shape index (κ2) is 8.26. The second-order valence-electron chi connectivity index (χ2n) is 5.83. The number of carbonyl (C=O) groups is 2. The summed E-state index contributed by atoms with van der Waals surface area (Å²) in [5, 5.41) is 12.0. The third-order valence-electron chi connectivity index (χ3n) is 2.60. The van der Waals surface area contributed by atoms with E-state index in [1.54, 1.807) is 27.7 Å². The quantitative estimate of drug-likeness (QED) is 0.701. The number of alkyl carbamates (subject to hydrolysis) is 1. The lowest BCUT2D eigenvalue weighted by Gasteiger charge is -2.29. The highest BCUT2D eigenvalue weighted by Gasteiger charge is 2.51. The lowest BCUT2D eigenvalue weighted by atomic mass is 10.0. The van der Waals surface area contributed by atoms with Crippen LogP contribution in [0.15, 0.2) is 0 Å². The van der Waals surface area contributed by atoms with E-state index >= 15 is 0 Å². The summed E-state index contributed by atoms with van der Waals surface area (Å²) in [7, 11) is 0. The van der Waals surface area contributed by atoms with Crippen molar-refractivity contribution in [3.8, 4) is 0 Å². The molecule has 22 heavy (non-hydrogen) atoms. The van der Waals surface area contributed by atoms with Crippen molar-refractivity contribution in [2.24, 2.45) is 0 Å². The van der Waals surface area contributed by atoms with Gasteiger partial charge in [0.25, 0.3) is 0 Å². The fourth-order valence-electron chi connectivity index (χ4n) is 1.68. The largest absolute Gasteiger partial charge is 0.461 e. The zero-order valence-electron chi connectivity index (χ0n) is 13.6. The predicted octanol–water partition coefficient (Wildman–Crippen LogP) is 2.24. The van der Waals surface area contributed by atoms with Gasteiger partial charge in [0.1, 0.15) is 11.7 Å². The lowest BCUT2D eigenvalue weighted by Crippen LogP contribution is -2.55. The molecule has 130 valence electrons. The van der Waals surface area contributed by atoms with Crippen molar-refractivity contribution in [2.45, 2.75) is 71.1 Å². The number of alkyl halides is 2. The van der Waals surface area contributed by atoms with E-state index in [4.69, 9.17) is 4.74 Å². The van der Waals surface area contributed by atoms with Crippen molar-refractivity contribution in [1.82, 2.24) is 5.32 Å². The van der Waals surface area contributed by atoms with Crippen LogP contribution in [0, 0.1) is 0 Å². The summed E-state index contributed by atoms with van der Waals surface area (Å²) < 4.78 is 36.9. The fraction of sp³-hybridized carbons (Fsp3) is 0.857. The first-order valence-corrected chi connectivity index (χ1v) is 7.18. The number of nitrogens with one attached hydrogen (secondary N) is 1. The van der Waals surface area contributed by atoms with Crippen LogP contribution in [0.4, 0.5) is 13.6 Å². The maximum atomic E-state index is 13.8. The molecule has 0 bridgehead atoms. The molecule has 0 aromatic heterocycles. The lowest BCUT2D eigenvalue weighted by molar-refractivity contribution is -0.191. The summed E-state index contributed by atoms with van der Waals surface area (Å²) >= 11 is 0. The summed E-state index contributed by atoms with van der Waals surface area (Å²) in [4.78, 5) is 22.9. The van der Waals surface area contributed by atoms with Gasteiger partial charge in [-0.3, -0.25) is 0 Å². The third-order valence-corrected chi connectivity index (χ3v) is 2.60. The number of esters is 1. The molecule has 0 aromatic rings. The van der Waals surface area contributed by atoms with Gasteiger partial charge in [-0.2, -0.15) is 8.78 Å². The van der Waals surface area contributed by atoms with Crippen molar-refractivity contribution < 1.29 is 33.0 Å². The molecule has 0 saturated heterocycles. The molecule has 1 amide bonds. The number of aliphatic hydroxyl groups is 1. The molecule has 0 saturated carbocycles. The Morgan fingerprint density at radius 2 is 1.77 bits per heavy atom. The van der Waals surface area contributed by atoms with E-state index in [2.05, 4.69) is 10.1 Å². The fourth-order valence-corrected chi connectivity index (χ4v) is 1.68. The molecule has 8 heteroatoms. The van der Waals surface area contributed by atoms with Crippen molar-refractivity contribution >= 4 is 12.1 Å². The molecule has 0 aliphatic rings. The Morgan fingerprint density at radius 3 is 2.18 bits per heavy atom. The summed E-state index contributed by atoms with van der Waals surface area (Å²) in [6.45, 7) is 7.68. The SMILES string of the molecule is CCC[C@H](NC(=O)OC(C)(C)C)C(O)C(F)(F)C(=O)OCC. The van der Waals surface area contributed by atoms with Crippen molar-refractivity contribution in [3.63, 3.8) is 0 Å². The summed E-state index contributed by atoms with van der Waals surface area (Å²) in [6.07, 6.45) is -2.88. The molecule has 0 fully saturated rings. The average Bonchev–Trinajstić information content (AvgIpc) is 2.35. The molecule has 0 radical (unpaired) electrons. The van der Waals surface area contributed by atoms with E-state index in [9.17, 15) is 23.5 Å². The van der Waals surface area contributed by atoms with Gasteiger partial charge in [-0.1, -0.05) is 13.3 Å². The molecule has 2 atom stereocenters. The number of hydrogen-bond acceptors (Lipinski definition) is 5. The number of halogens is 2. The van der Waals surface area contributed by atoms with Gasteiger partial charge in [0, 0.05) is 0 Å². The Balaban J connectivity index is 5.00. The number of rotatable bonds is 7. The van der Waals surface area contributed by atoms with Crippen LogP contribution in [0.1, 0.15) is 47.5 Å². The average molecular weight is 325 g/mol. The minimum atomic E-state index is -4.12. The smallest absolute Gasteiger partial charge is 0.407 e. The topological polar surface area (TPSA) is 84.9 Å². The maximum absolute atomic E-state index is 13.8. The van der Waals surface area contributed by atoms with Gasteiger partial charge in [0.2, 0.25) is 0 Å². The first-order chi connectivity index (χ1) is 9.95. The van der Waals surface area contributed by atoms with E-state index in [0.717, 1.165) is 0 Å². The van der Waals surface area contributed by atoms with Gasteiger partial charge in [0.15, 0.2) is 0 Å². The highest BCUT2D eigenvalue weighted by molar-refractivity contribution is 5.78. The van der Waals surface area contributed by atoms with Gasteiger partial charge in [0.05, 0.1) is 12.6 Å². The number of amides is 1. The maximum Gasteiger partial charge on any atom is 0.407 e. The normalized spacial score (nSPS) is 14.9. The van der Waals surface area contributed by atoms with Crippen LogP contribution in [0.5, 0.6) is 0 Å². The van der Waals surface area contributed by atoms with E-state index in [1.165, 1.54) is 6.92 Å². The first-order valence-electron chi connectivity index (χ1n) is 7.18. The van der Waals surface area contributed by atoms with Gasteiger partial charge in [-0.15, -0.1) is 0 Å². The monoisotopic (exact) mass is 325 g/mol. The second-order valence-corrected chi connectivity index (χ2v) is 5.83. The van der Waals surface area contributed by atoms with Crippen LogP contribution in [-0.2, 0) is 14.3 Å². The Morgan fingerprint density at radius 1 is 1.23 bits per heavy atom. The van der Waals surface area contributed by atoms with Gasteiger partial charge < -0.3 is 19.9 Å². The van der Waals surface area contributed by atoms with E-state index in [-0.39, 0.29) is 13.0 Å². The standard InChI is InChI=1S/C14H25F2NO5/c1-6-8-9(17-12(20)22-13(3,4)5)10(18)14(15,16)11(19)21-7-2/h9-10,18H,6-8H2,1-5H3,(H,17,20)/t9-,10?/m0/s1. The molecule has 0 aromatic carbocycles. The molecule has 1 unspecified atom stereocenters. The first kappa shape index (κ1) is 20.6. The number of hydrogen-bond donors (Lipinski definition) is 2. The molecule has 2 N–H and O–H groups in total. The minimum Gasteiger partial charge on any atom is -0.461 e. The molecule has 0 heterocycles. The summed E-state index contributed by atoms with van der Waals surface area (Å²) in [5.41, 5.74) is -0.810. The molecule has 0 aliphatic carbocycles. The Kier molecular flexibility index (Phi) is 7.72.